The van der Waals surface area contributed by atoms with Crippen molar-refractivity contribution in [2.75, 3.05) is 13.2 Å². The first kappa shape index (κ1) is 72.9. The third-order valence-corrected chi connectivity index (χ3v) is 15.4. The van der Waals surface area contributed by atoms with Crippen molar-refractivity contribution >= 4 is 17.9 Å². The molecule has 75 heavy (non-hydrogen) atoms. The molecule has 0 aliphatic carbocycles. The van der Waals surface area contributed by atoms with Gasteiger partial charge in [-0.1, -0.05) is 315 Å². The Morgan fingerprint density at radius 2 is 0.440 bits per heavy atom. The van der Waals surface area contributed by atoms with Gasteiger partial charge in [0.2, 0.25) is 0 Å². The van der Waals surface area contributed by atoms with Gasteiger partial charge in [-0.3, -0.25) is 14.4 Å². The van der Waals surface area contributed by atoms with Crippen LogP contribution in [0.1, 0.15) is 380 Å². The largest absolute Gasteiger partial charge is 0.462 e. The summed E-state index contributed by atoms with van der Waals surface area (Å²) >= 11 is 0. The van der Waals surface area contributed by atoms with Crippen LogP contribution in [-0.4, -0.2) is 37.2 Å². The predicted octanol–water partition coefficient (Wildman–Crippen LogP) is 23.0. The lowest BCUT2D eigenvalue weighted by Crippen LogP contribution is -2.30. The van der Waals surface area contributed by atoms with E-state index in [-0.39, 0.29) is 31.1 Å². The molecule has 1 unspecified atom stereocenters. The highest BCUT2D eigenvalue weighted by Crippen LogP contribution is 2.18. The van der Waals surface area contributed by atoms with Crippen LogP contribution in [0.25, 0.3) is 0 Å². The molecular weight excluding hydrogens is 925 g/mol. The van der Waals surface area contributed by atoms with Crippen LogP contribution in [0.5, 0.6) is 0 Å². The monoisotopic (exact) mass is 1050 g/mol. The second-order valence-electron chi connectivity index (χ2n) is 23.1. The van der Waals surface area contributed by atoms with E-state index in [0.717, 1.165) is 57.8 Å². The maximum Gasteiger partial charge on any atom is 0.306 e. The van der Waals surface area contributed by atoms with Gasteiger partial charge >= 0.3 is 17.9 Å². The van der Waals surface area contributed by atoms with Crippen LogP contribution >= 0.6 is 0 Å². The van der Waals surface area contributed by atoms with E-state index in [0.29, 0.717) is 19.3 Å². The minimum absolute atomic E-state index is 0.0673. The van der Waals surface area contributed by atoms with Gasteiger partial charge in [-0.25, -0.2) is 0 Å². The average Bonchev–Trinajstić information content (AvgIpc) is 3.41. The highest BCUT2D eigenvalue weighted by molar-refractivity contribution is 5.71. The van der Waals surface area contributed by atoms with Crippen LogP contribution < -0.4 is 0 Å². The summed E-state index contributed by atoms with van der Waals surface area (Å²) in [6.07, 6.45) is 77.6. The Hall–Kier alpha value is -2.11. The Morgan fingerprint density at radius 1 is 0.253 bits per heavy atom. The number of hydrogen-bond donors (Lipinski definition) is 0. The third kappa shape index (κ3) is 62.6. The fraction of sp³-hybridized carbons (Fsp3) is 0.899. The van der Waals surface area contributed by atoms with E-state index in [1.54, 1.807) is 0 Å². The number of ether oxygens (including phenoxy) is 3. The van der Waals surface area contributed by atoms with Gasteiger partial charge in [0, 0.05) is 19.3 Å². The lowest BCUT2D eigenvalue weighted by molar-refractivity contribution is -0.167. The lowest BCUT2D eigenvalue weighted by atomic mass is 10.0. The first-order chi connectivity index (χ1) is 37.0. The first-order valence-corrected chi connectivity index (χ1v) is 33.8. The molecule has 6 nitrogen and oxygen atoms in total. The molecule has 0 aliphatic rings. The van der Waals surface area contributed by atoms with Gasteiger partial charge in [-0.05, 0) is 70.6 Å². The van der Waals surface area contributed by atoms with E-state index in [1.807, 2.05) is 0 Å². The third-order valence-electron chi connectivity index (χ3n) is 15.4. The molecule has 0 saturated heterocycles. The van der Waals surface area contributed by atoms with Crippen molar-refractivity contribution < 1.29 is 28.6 Å². The second-order valence-corrected chi connectivity index (χ2v) is 23.1. The Labute approximate surface area is 468 Å². The molecule has 0 rings (SSSR count). The molecule has 0 aromatic heterocycles. The van der Waals surface area contributed by atoms with E-state index in [9.17, 15) is 14.4 Å². The molecule has 0 bridgehead atoms. The predicted molar refractivity (Wildman–Crippen MR) is 326 cm³/mol. The molecule has 0 aromatic rings. The number of carbonyl (C=O) groups excluding carboxylic acids is 3. The van der Waals surface area contributed by atoms with Crippen LogP contribution in [-0.2, 0) is 28.6 Å². The molecule has 6 heteroatoms. The zero-order valence-electron chi connectivity index (χ0n) is 50.8. The summed E-state index contributed by atoms with van der Waals surface area (Å²) in [5.41, 5.74) is 0. The number of carbonyl (C=O) groups is 3. The highest BCUT2D eigenvalue weighted by Gasteiger charge is 2.19. The van der Waals surface area contributed by atoms with Gasteiger partial charge in [0.1, 0.15) is 13.2 Å². The van der Waals surface area contributed by atoms with Gasteiger partial charge in [0.05, 0.1) is 0 Å². The molecule has 0 aliphatic heterocycles. The van der Waals surface area contributed by atoms with Crippen LogP contribution in [0.4, 0.5) is 0 Å². The van der Waals surface area contributed by atoms with Crippen LogP contribution in [0, 0.1) is 0 Å². The Morgan fingerprint density at radius 3 is 0.667 bits per heavy atom. The SMILES string of the molecule is CCCCCCCC/C=C\CCCCCCCCCC(=O)OC(COC(=O)CCCCCCCCCCCCCCC/C=C\CCCCCCCCCC)COC(=O)CCCCCCCCCCCCCCCCC. The van der Waals surface area contributed by atoms with Crippen LogP contribution in [0.2, 0.25) is 0 Å². The lowest BCUT2D eigenvalue weighted by Gasteiger charge is -2.18. The van der Waals surface area contributed by atoms with E-state index in [1.165, 1.54) is 283 Å². The van der Waals surface area contributed by atoms with Crippen molar-refractivity contribution in [3.05, 3.63) is 24.3 Å². The molecule has 0 N–H and O–H groups in total. The quantitative estimate of drug-likeness (QED) is 0.0261. The molecular formula is C69H130O6. The number of esters is 3. The zero-order valence-corrected chi connectivity index (χ0v) is 50.8. The van der Waals surface area contributed by atoms with Crippen molar-refractivity contribution in [3.8, 4) is 0 Å². The van der Waals surface area contributed by atoms with Crippen molar-refractivity contribution in [1.29, 1.82) is 0 Å². The summed E-state index contributed by atoms with van der Waals surface area (Å²) in [6.45, 7) is 6.71. The van der Waals surface area contributed by atoms with Gasteiger partial charge < -0.3 is 14.2 Å². The fourth-order valence-electron chi connectivity index (χ4n) is 10.3. The van der Waals surface area contributed by atoms with Crippen molar-refractivity contribution in [1.82, 2.24) is 0 Å². The van der Waals surface area contributed by atoms with E-state index in [2.05, 4.69) is 45.1 Å². The molecule has 0 radical (unpaired) electrons. The minimum atomic E-state index is -0.771. The molecule has 0 fully saturated rings. The van der Waals surface area contributed by atoms with Crippen molar-refractivity contribution in [2.24, 2.45) is 0 Å². The maximum atomic E-state index is 12.9. The first-order valence-electron chi connectivity index (χ1n) is 33.8. The van der Waals surface area contributed by atoms with Crippen LogP contribution in [0.15, 0.2) is 24.3 Å². The topological polar surface area (TPSA) is 78.9 Å². The van der Waals surface area contributed by atoms with Gasteiger partial charge in [0.25, 0.3) is 0 Å². The summed E-state index contributed by atoms with van der Waals surface area (Å²) in [5, 5.41) is 0. The minimum Gasteiger partial charge on any atom is -0.462 e. The fourth-order valence-corrected chi connectivity index (χ4v) is 10.3. The molecule has 442 valence electrons. The summed E-state index contributed by atoms with van der Waals surface area (Å²) in [5.74, 6) is -0.843. The normalized spacial score (nSPS) is 12.1. The molecule has 0 spiro atoms. The second kappa shape index (κ2) is 64.4. The van der Waals surface area contributed by atoms with Crippen LogP contribution in [0.3, 0.4) is 0 Å². The van der Waals surface area contributed by atoms with E-state index in [4.69, 9.17) is 14.2 Å². The van der Waals surface area contributed by atoms with Gasteiger partial charge in [-0.2, -0.15) is 0 Å². The molecule has 0 saturated carbocycles. The molecule has 0 heterocycles. The molecule has 0 amide bonds. The average molecular weight is 1060 g/mol. The van der Waals surface area contributed by atoms with E-state index < -0.39 is 6.10 Å². The van der Waals surface area contributed by atoms with Crippen molar-refractivity contribution in [3.63, 3.8) is 0 Å². The van der Waals surface area contributed by atoms with Gasteiger partial charge in [-0.15, -0.1) is 0 Å². The summed E-state index contributed by atoms with van der Waals surface area (Å²) in [6, 6.07) is 0. The summed E-state index contributed by atoms with van der Waals surface area (Å²) < 4.78 is 17.0. The molecule has 1 atom stereocenters. The Bertz CT molecular complexity index is 1210. The zero-order chi connectivity index (χ0) is 54.3. The number of unbranched alkanes of at least 4 members (excludes halogenated alkanes) is 48. The standard InChI is InChI=1S/C69H130O6/c1-4-7-10-13-16-19-22-25-28-30-31-32-33-34-35-36-37-39-41-44-47-50-53-56-59-62-68(71)74-65-66(64-73-67(70)61-58-55-52-49-46-43-40-27-24-21-18-15-12-9-6-3)75-69(72)63-60-57-54-51-48-45-42-38-29-26-23-20-17-14-11-8-5-2/h26,29-31,66H,4-25,27-28,32-65H2,1-3H3/b29-26-,31-30-. The van der Waals surface area contributed by atoms with E-state index >= 15 is 0 Å². The summed E-state index contributed by atoms with van der Waals surface area (Å²) in [7, 11) is 0. The molecule has 0 aromatic carbocycles. The smallest absolute Gasteiger partial charge is 0.306 e. The Kier molecular flexibility index (Phi) is 62.6. The Balaban J connectivity index is 4.25. The number of hydrogen-bond acceptors (Lipinski definition) is 6. The summed E-state index contributed by atoms with van der Waals surface area (Å²) in [4.78, 5) is 38.4. The number of allylic oxidation sites excluding steroid dienone is 4. The maximum absolute atomic E-state index is 12.9. The van der Waals surface area contributed by atoms with Crippen molar-refractivity contribution in [2.45, 2.75) is 386 Å². The highest BCUT2D eigenvalue weighted by atomic mass is 16.6. The number of rotatable bonds is 63. The van der Waals surface area contributed by atoms with Gasteiger partial charge in [0.15, 0.2) is 6.10 Å².